The van der Waals surface area contributed by atoms with Crippen LogP contribution in [0.5, 0.6) is 0 Å². The van der Waals surface area contributed by atoms with Crippen LogP contribution in [0.1, 0.15) is 17.6 Å². The number of nitriles is 2. The molecule has 0 N–H and O–H groups in total. The number of rotatable bonds is 2. The molecule has 0 saturated heterocycles. The first kappa shape index (κ1) is 10.9. The molecule has 0 aliphatic carbocycles. The van der Waals surface area contributed by atoms with Crippen molar-refractivity contribution >= 4 is 6.08 Å². The van der Waals surface area contributed by atoms with Gasteiger partial charge < -0.3 is 0 Å². The van der Waals surface area contributed by atoms with Crippen molar-refractivity contribution in [2.24, 2.45) is 0 Å². The Morgan fingerprint density at radius 1 is 1.13 bits per heavy atom. The topological polar surface area (TPSA) is 47.6 Å². The molecule has 1 aromatic carbocycles. The second kappa shape index (κ2) is 4.88. The van der Waals surface area contributed by atoms with Gasteiger partial charge in [0.05, 0.1) is 0 Å². The highest BCUT2D eigenvalue weighted by Crippen LogP contribution is 2.19. The summed E-state index contributed by atoms with van der Waals surface area (Å²) in [6, 6.07) is 8.79. The lowest BCUT2D eigenvalue weighted by molar-refractivity contribution is 0.151. The molecule has 0 saturated carbocycles. The van der Waals surface area contributed by atoms with Gasteiger partial charge in [-0.15, -0.1) is 0 Å². The molecular weight excluding hydrogens is 198 g/mol. The van der Waals surface area contributed by atoms with Crippen LogP contribution in [0.4, 0.5) is 8.78 Å². The third-order valence-electron chi connectivity index (χ3n) is 1.74. The zero-order chi connectivity index (χ0) is 11.3. The predicted octanol–water partition coefficient (Wildman–Crippen LogP) is 3.05. The van der Waals surface area contributed by atoms with Crippen molar-refractivity contribution in [2.45, 2.75) is 6.43 Å². The first-order chi connectivity index (χ1) is 7.17. The van der Waals surface area contributed by atoms with Crippen LogP contribution in [-0.4, -0.2) is 0 Å². The molecule has 74 valence electrons. The van der Waals surface area contributed by atoms with Crippen molar-refractivity contribution in [1.82, 2.24) is 0 Å². The SMILES string of the molecule is N#CC(C#N)=Cc1ccc(C(F)F)cc1. The van der Waals surface area contributed by atoms with E-state index < -0.39 is 6.43 Å². The molecule has 0 fully saturated rings. The molecule has 0 aliphatic rings. The number of allylic oxidation sites excluding steroid dienone is 1. The quantitative estimate of drug-likeness (QED) is 0.695. The van der Waals surface area contributed by atoms with Crippen LogP contribution in [0.3, 0.4) is 0 Å². The van der Waals surface area contributed by atoms with E-state index in [1.807, 2.05) is 0 Å². The Balaban J connectivity index is 2.97. The van der Waals surface area contributed by atoms with Crippen molar-refractivity contribution in [1.29, 1.82) is 10.5 Å². The van der Waals surface area contributed by atoms with Gasteiger partial charge in [-0.2, -0.15) is 10.5 Å². The summed E-state index contributed by atoms with van der Waals surface area (Å²) < 4.78 is 24.3. The van der Waals surface area contributed by atoms with E-state index in [1.54, 1.807) is 12.1 Å². The van der Waals surface area contributed by atoms with Gasteiger partial charge in [-0.1, -0.05) is 24.3 Å². The molecule has 0 bridgehead atoms. The number of hydrogen-bond donors (Lipinski definition) is 0. The third-order valence-corrected chi connectivity index (χ3v) is 1.74. The van der Waals surface area contributed by atoms with Gasteiger partial charge in [0.2, 0.25) is 0 Å². The highest BCUT2D eigenvalue weighted by atomic mass is 19.3. The lowest BCUT2D eigenvalue weighted by Gasteiger charge is -1.99. The van der Waals surface area contributed by atoms with Crippen LogP contribution >= 0.6 is 0 Å². The summed E-state index contributed by atoms with van der Waals surface area (Å²) in [6.45, 7) is 0. The average Bonchev–Trinajstić information content (AvgIpc) is 2.26. The second-order valence-electron chi connectivity index (χ2n) is 2.75. The number of hydrogen-bond acceptors (Lipinski definition) is 2. The minimum atomic E-state index is -2.51. The summed E-state index contributed by atoms with van der Waals surface area (Å²) in [4.78, 5) is 0. The molecule has 0 amide bonds. The van der Waals surface area contributed by atoms with Gasteiger partial charge >= 0.3 is 0 Å². The van der Waals surface area contributed by atoms with E-state index in [1.165, 1.54) is 30.3 Å². The van der Waals surface area contributed by atoms with E-state index in [9.17, 15) is 8.78 Å². The van der Waals surface area contributed by atoms with E-state index >= 15 is 0 Å². The molecule has 0 heterocycles. The molecule has 0 atom stereocenters. The standard InChI is InChI=1S/C11H6F2N2/c12-11(13)10-3-1-8(2-4-10)5-9(6-14)7-15/h1-5,11H. The van der Waals surface area contributed by atoms with E-state index in [0.717, 1.165) is 0 Å². The van der Waals surface area contributed by atoms with Crippen molar-refractivity contribution < 1.29 is 8.78 Å². The normalized spacial score (nSPS) is 9.13. The zero-order valence-corrected chi connectivity index (χ0v) is 7.61. The fourth-order valence-electron chi connectivity index (χ4n) is 0.994. The summed E-state index contributed by atoms with van der Waals surface area (Å²) in [5.74, 6) is 0. The van der Waals surface area contributed by atoms with Gasteiger partial charge in [0.15, 0.2) is 0 Å². The average molecular weight is 204 g/mol. The van der Waals surface area contributed by atoms with Crippen LogP contribution < -0.4 is 0 Å². The van der Waals surface area contributed by atoms with Crippen molar-refractivity contribution in [3.05, 3.63) is 41.0 Å². The highest BCUT2D eigenvalue weighted by molar-refractivity contribution is 5.62. The van der Waals surface area contributed by atoms with E-state index in [2.05, 4.69) is 0 Å². The molecule has 0 aliphatic heterocycles. The van der Waals surface area contributed by atoms with Gasteiger partial charge in [0, 0.05) is 5.56 Å². The first-order valence-corrected chi connectivity index (χ1v) is 4.07. The predicted molar refractivity (Wildman–Crippen MR) is 50.6 cm³/mol. The largest absolute Gasteiger partial charge is 0.263 e. The minimum absolute atomic E-state index is 0.0557. The molecule has 0 unspecified atom stereocenters. The van der Waals surface area contributed by atoms with Crippen LogP contribution in [-0.2, 0) is 0 Å². The molecule has 1 aromatic rings. The van der Waals surface area contributed by atoms with Crippen molar-refractivity contribution in [3.8, 4) is 12.1 Å². The molecule has 0 radical (unpaired) electrons. The Labute approximate surface area is 85.7 Å². The van der Waals surface area contributed by atoms with Gasteiger partial charge in [-0.25, -0.2) is 8.78 Å². The van der Waals surface area contributed by atoms with Crippen LogP contribution in [0.15, 0.2) is 29.8 Å². The third kappa shape index (κ3) is 2.89. The Morgan fingerprint density at radius 3 is 2.07 bits per heavy atom. The molecule has 4 heteroatoms. The second-order valence-corrected chi connectivity index (χ2v) is 2.75. The highest BCUT2D eigenvalue weighted by Gasteiger charge is 2.05. The Bertz CT molecular complexity index is 431. The van der Waals surface area contributed by atoms with E-state index in [0.29, 0.717) is 5.56 Å². The summed E-state index contributed by atoms with van der Waals surface area (Å²) >= 11 is 0. The van der Waals surface area contributed by atoms with E-state index in [4.69, 9.17) is 10.5 Å². The maximum absolute atomic E-state index is 12.2. The number of alkyl halides is 2. The van der Waals surface area contributed by atoms with Gasteiger partial charge in [0.1, 0.15) is 17.7 Å². The van der Waals surface area contributed by atoms with Crippen LogP contribution in [0.25, 0.3) is 6.08 Å². The Hall–Kier alpha value is -2.20. The lowest BCUT2D eigenvalue weighted by Crippen LogP contribution is -1.83. The monoisotopic (exact) mass is 204 g/mol. The van der Waals surface area contributed by atoms with Gasteiger partial charge in [-0.05, 0) is 11.6 Å². The number of halogens is 2. The lowest BCUT2D eigenvalue weighted by atomic mass is 10.1. The molecule has 0 spiro atoms. The zero-order valence-electron chi connectivity index (χ0n) is 7.61. The summed E-state index contributed by atoms with van der Waals surface area (Å²) in [5.41, 5.74) is 0.417. The van der Waals surface area contributed by atoms with Crippen LogP contribution in [0.2, 0.25) is 0 Å². The number of nitrogens with zero attached hydrogens (tertiary/aromatic N) is 2. The molecule has 1 rings (SSSR count). The Kier molecular flexibility index (Phi) is 3.54. The smallest absolute Gasteiger partial charge is 0.205 e. The van der Waals surface area contributed by atoms with Crippen molar-refractivity contribution in [3.63, 3.8) is 0 Å². The summed E-state index contributed by atoms with van der Waals surface area (Å²) in [5, 5.41) is 16.9. The molecule has 0 aromatic heterocycles. The summed E-state index contributed by atoms with van der Waals surface area (Å²) in [7, 11) is 0. The number of benzene rings is 1. The van der Waals surface area contributed by atoms with E-state index in [-0.39, 0.29) is 11.1 Å². The van der Waals surface area contributed by atoms with Crippen molar-refractivity contribution in [2.75, 3.05) is 0 Å². The summed E-state index contributed by atoms with van der Waals surface area (Å²) in [6.07, 6.45) is -1.16. The van der Waals surface area contributed by atoms with Crippen LogP contribution in [0, 0.1) is 22.7 Å². The fourth-order valence-corrected chi connectivity index (χ4v) is 0.994. The Morgan fingerprint density at radius 2 is 1.67 bits per heavy atom. The maximum atomic E-state index is 12.2. The fraction of sp³-hybridized carbons (Fsp3) is 0.0909. The molecule has 15 heavy (non-hydrogen) atoms. The molecular formula is C11H6F2N2. The minimum Gasteiger partial charge on any atom is -0.205 e. The van der Waals surface area contributed by atoms with Gasteiger partial charge in [0.25, 0.3) is 6.43 Å². The van der Waals surface area contributed by atoms with Gasteiger partial charge in [-0.3, -0.25) is 0 Å². The molecule has 2 nitrogen and oxygen atoms in total. The first-order valence-electron chi connectivity index (χ1n) is 4.07. The maximum Gasteiger partial charge on any atom is 0.263 e.